The predicted molar refractivity (Wildman–Crippen MR) is 104 cm³/mol. The monoisotopic (exact) mass is 354 g/mol. The van der Waals surface area contributed by atoms with Crippen LogP contribution in [0.4, 0.5) is 4.79 Å². The topological polar surface area (TPSA) is 80.0 Å². The normalized spacial score (nSPS) is 20.0. The van der Waals surface area contributed by atoms with E-state index in [1.807, 2.05) is 20.8 Å². The van der Waals surface area contributed by atoms with Crippen molar-refractivity contribution < 1.29 is 9.53 Å². The molecule has 1 amide bonds. The lowest BCUT2D eigenvalue weighted by Gasteiger charge is -2.24. The van der Waals surface area contributed by atoms with Crippen molar-refractivity contribution in [1.29, 1.82) is 0 Å². The smallest absolute Gasteiger partial charge is 0.410 e. The number of rotatable bonds is 7. The van der Waals surface area contributed by atoms with Crippen molar-refractivity contribution in [3.8, 4) is 0 Å². The third kappa shape index (κ3) is 9.56. The quantitative estimate of drug-likeness (QED) is 0.543. The number of hydrogen-bond acceptors (Lipinski definition) is 3. The van der Waals surface area contributed by atoms with Gasteiger partial charge in [0.25, 0.3) is 0 Å². The highest BCUT2D eigenvalue weighted by Crippen LogP contribution is 2.19. The summed E-state index contributed by atoms with van der Waals surface area (Å²) in [6.45, 7) is 14.4. The third-order valence-electron chi connectivity index (χ3n) is 4.27. The SMILES string of the molecule is CC(C)CCCC(C)NC(N)=NCC1CCN(C(=O)OC(C)(C)C)C1. The number of nitrogens with one attached hydrogen (secondary N) is 1. The number of likely N-dealkylation sites (tertiary alicyclic amines) is 1. The van der Waals surface area contributed by atoms with E-state index in [2.05, 4.69) is 31.1 Å². The summed E-state index contributed by atoms with van der Waals surface area (Å²) in [4.78, 5) is 18.3. The van der Waals surface area contributed by atoms with Gasteiger partial charge in [-0.15, -0.1) is 0 Å². The van der Waals surface area contributed by atoms with Crippen LogP contribution in [0.5, 0.6) is 0 Å². The van der Waals surface area contributed by atoms with E-state index < -0.39 is 5.60 Å². The van der Waals surface area contributed by atoms with Crippen LogP contribution in [0, 0.1) is 11.8 Å². The Morgan fingerprint density at radius 3 is 2.60 bits per heavy atom. The third-order valence-corrected chi connectivity index (χ3v) is 4.27. The van der Waals surface area contributed by atoms with Crippen molar-refractivity contribution in [3.63, 3.8) is 0 Å². The highest BCUT2D eigenvalue weighted by atomic mass is 16.6. The summed E-state index contributed by atoms with van der Waals surface area (Å²) >= 11 is 0. The molecule has 0 radical (unpaired) electrons. The Morgan fingerprint density at radius 1 is 1.32 bits per heavy atom. The molecule has 6 heteroatoms. The lowest BCUT2D eigenvalue weighted by molar-refractivity contribution is 0.0289. The van der Waals surface area contributed by atoms with Crippen LogP contribution in [0.1, 0.15) is 67.2 Å². The van der Waals surface area contributed by atoms with Gasteiger partial charge in [-0.1, -0.05) is 26.7 Å². The lowest BCUT2D eigenvalue weighted by atomic mass is 10.0. The summed E-state index contributed by atoms with van der Waals surface area (Å²) in [6, 6.07) is 0.337. The summed E-state index contributed by atoms with van der Waals surface area (Å²) in [6.07, 6.45) is 4.26. The number of ether oxygens (including phenoxy) is 1. The minimum atomic E-state index is -0.451. The van der Waals surface area contributed by atoms with Crippen molar-refractivity contribution in [2.24, 2.45) is 22.6 Å². The molecule has 25 heavy (non-hydrogen) atoms. The summed E-state index contributed by atoms with van der Waals surface area (Å²) in [7, 11) is 0. The second kappa shape index (κ2) is 9.88. The van der Waals surface area contributed by atoms with Crippen molar-refractivity contribution in [2.45, 2.75) is 78.9 Å². The van der Waals surface area contributed by atoms with E-state index in [-0.39, 0.29) is 6.09 Å². The van der Waals surface area contributed by atoms with E-state index in [1.54, 1.807) is 4.90 Å². The molecule has 2 unspecified atom stereocenters. The summed E-state index contributed by atoms with van der Waals surface area (Å²) in [5.74, 6) is 1.60. The Kier molecular flexibility index (Phi) is 8.53. The van der Waals surface area contributed by atoms with Crippen LogP contribution in [0.25, 0.3) is 0 Å². The molecule has 1 aliphatic heterocycles. The number of nitrogens with two attached hydrogens (primary N) is 1. The maximum atomic E-state index is 12.1. The molecule has 0 spiro atoms. The van der Waals surface area contributed by atoms with Crippen LogP contribution >= 0.6 is 0 Å². The predicted octanol–water partition coefficient (Wildman–Crippen LogP) is 3.36. The highest BCUT2D eigenvalue weighted by Gasteiger charge is 2.29. The van der Waals surface area contributed by atoms with Crippen molar-refractivity contribution in [3.05, 3.63) is 0 Å². The Morgan fingerprint density at radius 2 is 2.00 bits per heavy atom. The molecule has 1 rings (SSSR count). The first-order valence-electron chi connectivity index (χ1n) is 9.61. The largest absolute Gasteiger partial charge is 0.444 e. The molecule has 0 aliphatic carbocycles. The van der Waals surface area contributed by atoms with E-state index in [4.69, 9.17) is 10.5 Å². The van der Waals surface area contributed by atoms with Gasteiger partial charge in [0.05, 0.1) is 0 Å². The average molecular weight is 355 g/mol. The summed E-state index contributed by atoms with van der Waals surface area (Å²) in [5.41, 5.74) is 5.54. The van der Waals surface area contributed by atoms with Gasteiger partial charge < -0.3 is 20.7 Å². The fourth-order valence-electron chi connectivity index (χ4n) is 2.90. The fraction of sp³-hybridized carbons (Fsp3) is 0.895. The molecule has 1 saturated heterocycles. The minimum Gasteiger partial charge on any atom is -0.444 e. The van der Waals surface area contributed by atoms with E-state index in [0.29, 0.717) is 31.0 Å². The van der Waals surface area contributed by atoms with Gasteiger partial charge in [0, 0.05) is 25.7 Å². The average Bonchev–Trinajstić information content (AvgIpc) is 2.92. The Hall–Kier alpha value is -1.46. The van der Waals surface area contributed by atoms with Gasteiger partial charge >= 0.3 is 6.09 Å². The van der Waals surface area contributed by atoms with Gasteiger partial charge in [0.2, 0.25) is 0 Å². The van der Waals surface area contributed by atoms with Crippen LogP contribution in [0.2, 0.25) is 0 Å². The molecule has 1 aliphatic rings. The molecule has 1 fully saturated rings. The summed E-state index contributed by atoms with van der Waals surface area (Å²) < 4.78 is 5.42. The number of nitrogens with zero attached hydrogens (tertiary/aromatic N) is 2. The first kappa shape index (κ1) is 21.6. The van der Waals surface area contributed by atoms with Crippen LogP contribution in [0.15, 0.2) is 4.99 Å². The second-order valence-corrected chi connectivity index (χ2v) is 8.68. The molecular formula is C19H38N4O2. The van der Waals surface area contributed by atoms with Crippen LogP contribution < -0.4 is 11.1 Å². The van der Waals surface area contributed by atoms with Gasteiger partial charge in [-0.25, -0.2) is 4.79 Å². The molecule has 0 aromatic heterocycles. The maximum absolute atomic E-state index is 12.1. The molecule has 0 saturated carbocycles. The summed E-state index contributed by atoms with van der Waals surface area (Å²) in [5, 5.41) is 3.27. The molecular weight excluding hydrogens is 316 g/mol. The number of guanidine groups is 1. The van der Waals surface area contributed by atoms with Gasteiger partial charge in [-0.05, 0) is 52.4 Å². The number of carbonyl (C=O) groups is 1. The standard InChI is InChI=1S/C19H38N4O2/c1-14(2)8-7-9-15(3)22-17(20)21-12-16-10-11-23(13-16)18(24)25-19(4,5)6/h14-16H,7-13H2,1-6H3,(H3,20,21,22). The molecule has 2 atom stereocenters. The fourth-order valence-corrected chi connectivity index (χ4v) is 2.90. The zero-order valence-electron chi connectivity index (χ0n) is 17.0. The van der Waals surface area contributed by atoms with Crippen LogP contribution in [0.3, 0.4) is 0 Å². The number of amides is 1. The first-order chi connectivity index (χ1) is 11.6. The zero-order valence-corrected chi connectivity index (χ0v) is 17.0. The van der Waals surface area contributed by atoms with Gasteiger partial charge in [-0.3, -0.25) is 4.99 Å². The molecule has 0 bridgehead atoms. The molecule has 1 heterocycles. The number of hydrogen-bond donors (Lipinski definition) is 2. The van der Waals surface area contributed by atoms with Crippen molar-refractivity contribution >= 4 is 12.1 Å². The minimum absolute atomic E-state index is 0.233. The molecule has 0 aromatic rings. The van der Waals surface area contributed by atoms with E-state index in [0.717, 1.165) is 25.3 Å². The van der Waals surface area contributed by atoms with Gasteiger partial charge in [-0.2, -0.15) is 0 Å². The van der Waals surface area contributed by atoms with E-state index >= 15 is 0 Å². The number of aliphatic imine (C=N–C) groups is 1. The second-order valence-electron chi connectivity index (χ2n) is 8.68. The number of carbonyl (C=O) groups excluding carboxylic acids is 1. The Balaban J connectivity index is 2.30. The van der Waals surface area contributed by atoms with Crippen molar-refractivity contribution in [2.75, 3.05) is 19.6 Å². The van der Waals surface area contributed by atoms with Gasteiger partial charge in [0.1, 0.15) is 5.60 Å². The van der Waals surface area contributed by atoms with Gasteiger partial charge in [0.15, 0.2) is 5.96 Å². The zero-order chi connectivity index (χ0) is 19.0. The van der Waals surface area contributed by atoms with E-state index in [9.17, 15) is 4.79 Å². The molecule has 6 nitrogen and oxygen atoms in total. The Bertz CT molecular complexity index is 443. The molecule has 146 valence electrons. The first-order valence-corrected chi connectivity index (χ1v) is 9.61. The van der Waals surface area contributed by atoms with Crippen LogP contribution in [-0.4, -0.2) is 48.2 Å². The maximum Gasteiger partial charge on any atom is 0.410 e. The lowest BCUT2D eigenvalue weighted by Crippen LogP contribution is -2.39. The van der Waals surface area contributed by atoms with Crippen LogP contribution in [-0.2, 0) is 4.74 Å². The molecule has 3 N–H and O–H groups in total. The highest BCUT2D eigenvalue weighted by molar-refractivity contribution is 5.78. The van der Waals surface area contributed by atoms with E-state index in [1.165, 1.54) is 12.8 Å². The van der Waals surface area contributed by atoms with Crippen molar-refractivity contribution in [1.82, 2.24) is 10.2 Å². The molecule has 0 aromatic carbocycles. The Labute approximate surface area is 153 Å².